The predicted octanol–water partition coefficient (Wildman–Crippen LogP) is 2.14. The highest BCUT2D eigenvalue weighted by Gasteiger charge is 2.39. The lowest BCUT2D eigenvalue weighted by molar-refractivity contribution is -0.131. The van der Waals surface area contributed by atoms with Gasteiger partial charge in [0.15, 0.2) is 0 Å². The summed E-state index contributed by atoms with van der Waals surface area (Å²) in [5.41, 5.74) is 0.503. The molecule has 0 aromatic heterocycles. The molecular formula is C17H18BrF2N3O4. The van der Waals surface area contributed by atoms with Crippen molar-refractivity contribution in [2.75, 3.05) is 19.6 Å². The number of benzene rings is 1. The smallest absolute Gasteiger partial charge is 0.387 e. The van der Waals surface area contributed by atoms with E-state index in [-0.39, 0.29) is 49.5 Å². The molecule has 0 aliphatic carbocycles. The standard InChI is InChI=1S/C17H18BrF2N3O4/c18-11-2-3-13(27-16(19)20)10(7-11)1-4-14(24)22-6-5-12(9-22)23-15(25)8-21-17(23)26/h2-3,7,12,16H,1,4-6,8-9H2,(H,21,26)/t12-/m1/s1. The van der Waals surface area contributed by atoms with Crippen LogP contribution < -0.4 is 10.1 Å². The fourth-order valence-electron chi connectivity index (χ4n) is 3.34. The Kier molecular flexibility index (Phi) is 5.93. The number of halogens is 3. The molecule has 1 atom stereocenters. The topological polar surface area (TPSA) is 79.0 Å². The Morgan fingerprint density at radius 1 is 1.37 bits per heavy atom. The van der Waals surface area contributed by atoms with Crippen molar-refractivity contribution >= 4 is 33.8 Å². The third-order valence-electron chi connectivity index (χ3n) is 4.61. The minimum atomic E-state index is -2.94. The molecule has 10 heteroatoms. The Morgan fingerprint density at radius 2 is 2.15 bits per heavy atom. The molecule has 146 valence electrons. The zero-order valence-corrected chi connectivity index (χ0v) is 15.9. The fraction of sp³-hybridized carbons (Fsp3) is 0.471. The molecule has 0 radical (unpaired) electrons. The van der Waals surface area contributed by atoms with Crippen LogP contribution in [0.2, 0.25) is 0 Å². The second-order valence-electron chi connectivity index (χ2n) is 6.34. The number of rotatable bonds is 6. The molecule has 0 spiro atoms. The molecule has 1 aromatic rings. The van der Waals surface area contributed by atoms with Crippen molar-refractivity contribution in [2.24, 2.45) is 0 Å². The van der Waals surface area contributed by atoms with Crippen LogP contribution in [0.5, 0.6) is 5.75 Å². The summed E-state index contributed by atoms with van der Waals surface area (Å²) in [5.74, 6) is -0.408. The average molecular weight is 446 g/mol. The summed E-state index contributed by atoms with van der Waals surface area (Å²) in [5, 5.41) is 2.47. The number of hydrogen-bond acceptors (Lipinski definition) is 4. The van der Waals surface area contributed by atoms with Crippen molar-refractivity contribution in [3.63, 3.8) is 0 Å². The third kappa shape index (κ3) is 4.55. The summed E-state index contributed by atoms with van der Waals surface area (Å²) in [6.45, 7) is -2.22. The van der Waals surface area contributed by atoms with Crippen molar-refractivity contribution in [2.45, 2.75) is 31.9 Å². The van der Waals surface area contributed by atoms with Crippen LogP contribution in [-0.4, -0.2) is 59.9 Å². The van der Waals surface area contributed by atoms with Gasteiger partial charge < -0.3 is 15.0 Å². The molecule has 2 aliphatic rings. The highest BCUT2D eigenvalue weighted by Crippen LogP contribution is 2.27. The molecule has 0 bridgehead atoms. The first kappa shape index (κ1) is 19.5. The molecular weight excluding hydrogens is 428 g/mol. The van der Waals surface area contributed by atoms with Crippen molar-refractivity contribution in [3.8, 4) is 5.75 Å². The number of amides is 4. The number of nitrogens with one attached hydrogen (secondary N) is 1. The van der Waals surface area contributed by atoms with Crippen LogP contribution in [0.4, 0.5) is 13.6 Å². The SMILES string of the molecule is O=C(CCc1cc(Br)ccc1OC(F)F)N1CC[C@@H](N2C(=O)CNC2=O)C1. The quantitative estimate of drug-likeness (QED) is 0.680. The highest BCUT2D eigenvalue weighted by molar-refractivity contribution is 9.10. The van der Waals surface area contributed by atoms with E-state index in [1.54, 1.807) is 17.0 Å². The van der Waals surface area contributed by atoms with Crippen LogP contribution in [0.15, 0.2) is 22.7 Å². The van der Waals surface area contributed by atoms with E-state index in [0.717, 1.165) is 0 Å². The van der Waals surface area contributed by atoms with Crippen molar-refractivity contribution in [1.29, 1.82) is 0 Å². The number of nitrogens with zero attached hydrogens (tertiary/aromatic N) is 2. The Balaban J connectivity index is 1.58. The van der Waals surface area contributed by atoms with E-state index < -0.39 is 12.6 Å². The van der Waals surface area contributed by atoms with Gasteiger partial charge in [-0.1, -0.05) is 15.9 Å². The largest absolute Gasteiger partial charge is 0.435 e. The van der Waals surface area contributed by atoms with E-state index >= 15 is 0 Å². The van der Waals surface area contributed by atoms with Crippen LogP contribution in [-0.2, 0) is 16.0 Å². The average Bonchev–Trinajstić information content (AvgIpc) is 3.21. The lowest BCUT2D eigenvalue weighted by atomic mass is 10.1. The molecule has 1 aromatic carbocycles. The Bertz CT molecular complexity index is 746. The van der Waals surface area contributed by atoms with Crippen molar-refractivity contribution in [1.82, 2.24) is 15.1 Å². The lowest BCUT2D eigenvalue weighted by Gasteiger charge is -2.21. The van der Waals surface area contributed by atoms with Gasteiger partial charge in [0.2, 0.25) is 11.8 Å². The van der Waals surface area contributed by atoms with Gasteiger partial charge in [-0.05, 0) is 36.6 Å². The Hall–Kier alpha value is -2.23. The lowest BCUT2D eigenvalue weighted by Crippen LogP contribution is -2.42. The molecule has 3 rings (SSSR count). The first-order chi connectivity index (χ1) is 12.8. The molecule has 7 nitrogen and oxygen atoms in total. The van der Waals surface area contributed by atoms with E-state index in [9.17, 15) is 23.2 Å². The van der Waals surface area contributed by atoms with Gasteiger partial charge in [-0.15, -0.1) is 0 Å². The number of alkyl halides is 2. The van der Waals surface area contributed by atoms with E-state index in [1.807, 2.05) is 0 Å². The number of aryl methyl sites for hydroxylation is 1. The molecule has 0 unspecified atom stereocenters. The number of carbonyl (C=O) groups excluding carboxylic acids is 3. The van der Waals surface area contributed by atoms with Gasteiger partial charge in [0.1, 0.15) is 5.75 Å². The molecule has 27 heavy (non-hydrogen) atoms. The van der Waals surface area contributed by atoms with E-state index in [4.69, 9.17) is 0 Å². The van der Waals surface area contributed by atoms with Gasteiger partial charge in [0.25, 0.3) is 0 Å². The summed E-state index contributed by atoms with van der Waals surface area (Å²) in [4.78, 5) is 38.8. The normalized spacial score (nSPS) is 19.8. The molecule has 1 N–H and O–H groups in total. The first-order valence-electron chi connectivity index (χ1n) is 8.46. The number of likely N-dealkylation sites (tertiary alicyclic amines) is 1. The van der Waals surface area contributed by atoms with Crippen LogP contribution in [0.1, 0.15) is 18.4 Å². The van der Waals surface area contributed by atoms with Gasteiger partial charge >= 0.3 is 12.6 Å². The van der Waals surface area contributed by atoms with Crippen LogP contribution in [0.3, 0.4) is 0 Å². The zero-order chi connectivity index (χ0) is 19.6. The monoisotopic (exact) mass is 445 g/mol. The number of hydrogen-bond donors (Lipinski definition) is 1. The Morgan fingerprint density at radius 3 is 2.81 bits per heavy atom. The zero-order valence-electron chi connectivity index (χ0n) is 14.3. The minimum absolute atomic E-state index is 0.0148. The van der Waals surface area contributed by atoms with Crippen LogP contribution in [0.25, 0.3) is 0 Å². The molecule has 2 aliphatic heterocycles. The maximum atomic E-state index is 12.5. The molecule has 4 amide bonds. The van der Waals surface area contributed by atoms with E-state index in [1.165, 1.54) is 11.0 Å². The predicted molar refractivity (Wildman–Crippen MR) is 94.3 cm³/mol. The van der Waals surface area contributed by atoms with Crippen molar-refractivity contribution < 1.29 is 27.9 Å². The van der Waals surface area contributed by atoms with Gasteiger partial charge in [-0.2, -0.15) is 8.78 Å². The maximum Gasteiger partial charge on any atom is 0.387 e. The molecule has 0 saturated carbocycles. The molecule has 2 saturated heterocycles. The second-order valence-corrected chi connectivity index (χ2v) is 7.25. The maximum absolute atomic E-state index is 12.5. The number of carbonyl (C=O) groups is 3. The van der Waals surface area contributed by atoms with Crippen LogP contribution in [0, 0.1) is 0 Å². The first-order valence-corrected chi connectivity index (χ1v) is 9.25. The minimum Gasteiger partial charge on any atom is -0.435 e. The van der Waals surface area contributed by atoms with Crippen LogP contribution >= 0.6 is 15.9 Å². The third-order valence-corrected chi connectivity index (χ3v) is 5.10. The molecule has 2 fully saturated rings. The highest BCUT2D eigenvalue weighted by atomic mass is 79.9. The van der Waals surface area contributed by atoms with Gasteiger partial charge in [-0.3, -0.25) is 14.5 Å². The summed E-state index contributed by atoms with van der Waals surface area (Å²) < 4.78 is 30.3. The summed E-state index contributed by atoms with van der Waals surface area (Å²) >= 11 is 3.28. The molecule has 2 heterocycles. The van der Waals surface area contributed by atoms with Crippen molar-refractivity contribution in [3.05, 3.63) is 28.2 Å². The Labute approximate surface area is 162 Å². The number of ether oxygens (including phenoxy) is 1. The second kappa shape index (κ2) is 8.20. The fourth-order valence-corrected chi connectivity index (χ4v) is 3.75. The number of imide groups is 1. The summed E-state index contributed by atoms with van der Waals surface area (Å²) in [7, 11) is 0. The summed E-state index contributed by atoms with van der Waals surface area (Å²) in [6.07, 6.45) is 0.884. The van der Waals surface area contributed by atoms with Gasteiger partial charge in [-0.25, -0.2) is 4.79 Å². The van der Waals surface area contributed by atoms with Gasteiger partial charge in [0.05, 0.1) is 12.6 Å². The number of urea groups is 1. The van der Waals surface area contributed by atoms with E-state index in [0.29, 0.717) is 23.0 Å². The van der Waals surface area contributed by atoms with Gasteiger partial charge in [0, 0.05) is 24.0 Å². The summed E-state index contributed by atoms with van der Waals surface area (Å²) in [6, 6.07) is 3.91. The van der Waals surface area contributed by atoms with E-state index in [2.05, 4.69) is 26.0 Å².